The summed E-state index contributed by atoms with van der Waals surface area (Å²) >= 11 is 0. The van der Waals surface area contributed by atoms with Gasteiger partial charge in [-0.25, -0.2) is 9.67 Å². The summed E-state index contributed by atoms with van der Waals surface area (Å²) in [6.07, 6.45) is 6.76. The van der Waals surface area contributed by atoms with E-state index in [1.54, 1.807) is 17.9 Å². The van der Waals surface area contributed by atoms with Crippen molar-refractivity contribution in [2.75, 3.05) is 23.3 Å². The molecule has 1 aromatic heterocycles. The zero-order chi connectivity index (χ0) is 15.4. The van der Waals surface area contributed by atoms with Crippen LogP contribution < -0.4 is 10.2 Å². The Hall–Kier alpha value is -2.37. The quantitative estimate of drug-likeness (QED) is 0.942. The zero-order valence-electron chi connectivity index (χ0n) is 12.8. The Bertz CT molecular complexity index is 619. The van der Waals surface area contributed by atoms with E-state index in [0.717, 1.165) is 18.8 Å². The molecule has 1 aromatic carbocycles. The molecular weight excluding hydrogens is 278 g/mol. The fourth-order valence-corrected chi connectivity index (χ4v) is 2.72. The number of amides is 1. The van der Waals surface area contributed by atoms with Crippen molar-refractivity contribution in [2.24, 2.45) is 0 Å². The van der Waals surface area contributed by atoms with Crippen LogP contribution in [0.15, 0.2) is 36.9 Å². The third kappa shape index (κ3) is 3.27. The number of aromatic nitrogens is 3. The first-order valence-electron chi connectivity index (χ1n) is 7.74. The topological polar surface area (TPSA) is 63.1 Å². The van der Waals surface area contributed by atoms with Crippen LogP contribution in [0.2, 0.25) is 0 Å². The van der Waals surface area contributed by atoms with Gasteiger partial charge in [0.1, 0.15) is 18.7 Å². The number of hydrogen-bond acceptors (Lipinski definition) is 4. The molecule has 0 aliphatic carbocycles. The highest BCUT2D eigenvalue weighted by atomic mass is 16.2. The van der Waals surface area contributed by atoms with Gasteiger partial charge in [-0.2, -0.15) is 5.10 Å². The van der Waals surface area contributed by atoms with Crippen molar-refractivity contribution >= 4 is 17.3 Å². The van der Waals surface area contributed by atoms with Gasteiger partial charge in [-0.3, -0.25) is 4.79 Å². The molecule has 1 N–H and O–H groups in total. The Labute approximate surface area is 130 Å². The van der Waals surface area contributed by atoms with Crippen molar-refractivity contribution in [1.82, 2.24) is 14.8 Å². The van der Waals surface area contributed by atoms with Crippen molar-refractivity contribution in [3.63, 3.8) is 0 Å². The van der Waals surface area contributed by atoms with Gasteiger partial charge in [0.2, 0.25) is 5.91 Å². The number of nitrogens with zero attached hydrogens (tertiary/aromatic N) is 4. The van der Waals surface area contributed by atoms with Gasteiger partial charge in [0.05, 0.1) is 0 Å². The summed E-state index contributed by atoms with van der Waals surface area (Å²) in [5.41, 5.74) is 1.99. The fraction of sp³-hybridized carbons (Fsp3) is 0.438. The second-order valence-corrected chi connectivity index (χ2v) is 5.64. The maximum absolute atomic E-state index is 12.3. The van der Waals surface area contributed by atoms with Crippen LogP contribution >= 0.6 is 0 Å². The largest absolute Gasteiger partial charge is 0.371 e. The summed E-state index contributed by atoms with van der Waals surface area (Å²) in [4.78, 5) is 18.5. The highest BCUT2D eigenvalue weighted by Crippen LogP contribution is 2.23. The van der Waals surface area contributed by atoms with Gasteiger partial charge in [-0.15, -0.1) is 0 Å². The number of benzene rings is 1. The number of carbonyl (C=O) groups is 1. The second kappa shape index (κ2) is 6.60. The highest BCUT2D eigenvalue weighted by Gasteiger charge is 2.16. The lowest BCUT2D eigenvalue weighted by molar-refractivity contribution is -0.119. The number of anilines is 2. The van der Waals surface area contributed by atoms with Crippen LogP contribution in [0.5, 0.6) is 0 Å². The molecule has 0 saturated carbocycles. The molecule has 1 aliphatic heterocycles. The van der Waals surface area contributed by atoms with E-state index in [1.807, 2.05) is 18.2 Å². The van der Waals surface area contributed by atoms with E-state index < -0.39 is 0 Å². The lowest BCUT2D eigenvalue weighted by Gasteiger charge is -2.29. The van der Waals surface area contributed by atoms with Crippen molar-refractivity contribution in [3.8, 4) is 0 Å². The minimum Gasteiger partial charge on any atom is -0.371 e. The first-order chi connectivity index (χ1) is 10.7. The molecule has 22 heavy (non-hydrogen) atoms. The second-order valence-electron chi connectivity index (χ2n) is 5.64. The van der Waals surface area contributed by atoms with Crippen molar-refractivity contribution in [1.29, 1.82) is 0 Å². The van der Waals surface area contributed by atoms with Gasteiger partial charge < -0.3 is 10.2 Å². The molecule has 0 spiro atoms. The maximum atomic E-state index is 12.3. The number of hydrogen-bond donors (Lipinski definition) is 1. The average Bonchev–Trinajstić information content (AvgIpc) is 3.09. The van der Waals surface area contributed by atoms with Crippen LogP contribution in [0.4, 0.5) is 11.4 Å². The fourth-order valence-electron chi connectivity index (χ4n) is 2.72. The van der Waals surface area contributed by atoms with Gasteiger partial charge in [0.15, 0.2) is 0 Å². The first-order valence-corrected chi connectivity index (χ1v) is 7.74. The summed E-state index contributed by atoms with van der Waals surface area (Å²) in [5.74, 6) is -0.0960. The van der Waals surface area contributed by atoms with Gasteiger partial charge >= 0.3 is 0 Å². The molecule has 1 unspecified atom stereocenters. The Kier molecular flexibility index (Phi) is 4.37. The Balaban J connectivity index is 1.68. The monoisotopic (exact) mass is 299 g/mol. The predicted molar refractivity (Wildman–Crippen MR) is 85.9 cm³/mol. The molecule has 0 bridgehead atoms. The Morgan fingerprint density at radius 1 is 1.27 bits per heavy atom. The number of rotatable bonds is 4. The van der Waals surface area contributed by atoms with E-state index in [4.69, 9.17) is 0 Å². The first kappa shape index (κ1) is 14.6. The SMILES string of the molecule is CC(C(=O)Nc1cccc(N2CCCCC2)c1)n1cncn1. The Morgan fingerprint density at radius 2 is 2.09 bits per heavy atom. The summed E-state index contributed by atoms with van der Waals surface area (Å²) in [6.45, 7) is 3.98. The summed E-state index contributed by atoms with van der Waals surface area (Å²) < 4.78 is 1.55. The van der Waals surface area contributed by atoms with Gasteiger partial charge in [-0.1, -0.05) is 6.07 Å². The lowest BCUT2D eigenvalue weighted by atomic mass is 10.1. The van der Waals surface area contributed by atoms with Crippen LogP contribution in [-0.2, 0) is 4.79 Å². The smallest absolute Gasteiger partial charge is 0.249 e. The lowest BCUT2D eigenvalue weighted by Crippen LogP contribution is -2.29. The number of piperidine rings is 1. The van der Waals surface area contributed by atoms with Crippen molar-refractivity contribution in [3.05, 3.63) is 36.9 Å². The summed E-state index contributed by atoms with van der Waals surface area (Å²) in [5, 5.41) is 6.96. The molecular formula is C16H21N5O. The van der Waals surface area contributed by atoms with E-state index in [-0.39, 0.29) is 11.9 Å². The van der Waals surface area contributed by atoms with Crippen LogP contribution in [0.1, 0.15) is 32.2 Å². The zero-order valence-corrected chi connectivity index (χ0v) is 12.8. The summed E-state index contributed by atoms with van der Waals surface area (Å²) in [6, 6.07) is 7.65. The van der Waals surface area contributed by atoms with E-state index in [9.17, 15) is 4.79 Å². The van der Waals surface area contributed by atoms with E-state index in [1.165, 1.54) is 31.3 Å². The molecule has 2 heterocycles. The normalized spacial score (nSPS) is 16.3. The van der Waals surface area contributed by atoms with Crippen LogP contribution in [0, 0.1) is 0 Å². The van der Waals surface area contributed by atoms with Crippen molar-refractivity contribution in [2.45, 2.75) is 32.2 Å². The molecule has 2 aromatic rings. The van der Waals surface area contributed by atoms with Gasteiger partial charge in [0.25, 0.3) is 0 Å². The third-order valence-corrected chi connectivity index (χ3v) is 4.05. The maximum Gasteiger partial charge on any atom is 0.249 e. The summed E-state index contributed by atoms with van der Waals surface area (Å²) in [7, 11) is 0. The van der Waals surface area contributed by atoms with Crippen molar-refractivity contribution < 1.29 is 4.79 Å². The van der Waals surface area contributed by atoms with E-state index >= 15 is 0 Å². The molecule has 1 atom stereocenters. The number of nitrogens with one attached hydrogen (secondary N) is 1. The van der Waals surface area contributed by atoms with E-state index in [2.05, 4.69) is 26.4 Å². The molecule has 6 nitrogen and oxygen atoms in total. The molecule has 1 fully saturated rings. The molecule has 116 valence electrons. The van der Waals surface area contributed by atoms with Gasteiger partial charge in [0, 0.05) is 24.5 Å². The highest BCUT2D eigenvalue weighted by molar-refractivity contribution is 5.93. The predicted octanol–water partition coefficient (Wildman–Crippen LogP) is 2.47. The molecule has 6 heteroatoms. The Morgan fingerprint density at radius 3 is 2.82 bits per heavy atom. The number of carbonyl (C=O) groups excluding carboxylic acids is 1. The van der Waals surface area contributed by atoms with E-state index in [0.29, 0.717) is 0 Å². The molecule has 1 saturated heterocycles. The third-order valence-electron chi connectivity index (χ3n) is 4.05. The van der Waals surface area contributed by atoms with Crippen LogP contribution in [0.25, 0.3) is 0 Å². The molecule has 3 rings (SSSR count). The minimum absolute atomic E-state index is 0.0960. The van der Waals surface area contributed by atoms with Gasteiger partial charge in [-0.05, 0) is 44.4 Å². The average molecular weight is 299 g/mol. The molecule has 0 radical (unpaired) electrons. The van der Waals surface area contributed by atoms with Crippen LogP contribution in [0.3, 0.4) is 0 Å². The molecule has 1 aliphatic rings. The standard InChI is InChI=1S/C16H21N5O/c1-13(21-12-17-11-18-21)16(22)19-14-6-5-7-15(10-14)20-8-3-2-4-9-20/h5-7,10-13H,2-4,8-9H2,1H3,(H,19,22). The molecule has 1 amide bonds. The minimum atomic E-state index is -0.388. The van der Waals surface area contributed by atoms with Crippen LogP contribution in [-0.4, -0.2) is 33.8 Å².